The van der Waals surface area contributed by atoms with E-state index in [1.54, 1.807) is 0 Å². The standard InChI is InChI=1S/C18H14NO/c1-13(20)19-18-10-8-15(9-11-18)17-7-6-14-4-2-3-5-16(14)12-17/h2-11H,1H3,(H,19,20). The molecule has 0 aliphatic carbocycles. The summed E-state index contributed by atoms with van der Waals surface area (Å²) in [6.45, 7) is 1.50. The summed E-state index contributed by atoms with van der Waals surface area (Å²) in [5.74, 6) is -0.0602. The van der Waals surface area contributed by atoms with Gasteiger partial charge in [0, 0.05) is 12.6 Å². The molecule has 3 rings (SSSR count). The summed E-state index contributed by atoms with van der Waals surface area (Å²) in [5, 5.41) is 5.06. The first-order valence-corrected chi connectivity index (χ1v) is 6.51. The number of rotatable bonds is 2. The van der Waals surface area contributed by atoms with Gasteiger partial charge in [-0.25, -0.2) is 0 Å². The first kappa shape index (κ1) is 12.4. The van der Waals surface area contributed by atoms with Crippen LogP contribution in [0, 0.1) is 6.07 Å². The van der Waals surface area contributed by atoms with Crippen molar-refractivity contribution in [3.05, 3.63) is 66.7 Å². The highest BCUT2D eigenvalue weighted by Gasteiger charge is 2.01. The van der Waals surface area contributed by atoms with E-state index in [2.05, 4.69) is 35.6 Å². The fourth-order valence-electron chi connectivity index (χ4n) is 2.22. The van der Waals surface area contributed by atoms with E-state index < -0.39 is 0 Å². The molecule has 1 radical (unpaired) electrons. The highest BCUT2D eigenvalue weighted by molar-refractivity contribution is 5.89. The van der Waals surface area contributed by atoms with Crippen LogP contribution in [0.5, 0.6) is 0 Å². The first-order valence-electron chi connectivity index (χ1n) is 6.51. The SMILES string of the molecule is CC(=O)Nc1ccc(-c2[c]c3ccccc3cc2)cc1. The minimum absolute atomic E-state index is 0.0602. The van der Waals surface area contributed by atoms with Crippen LogP contribution in [0.25, 0.3) is 21.9 Å². The third-order valence-electron chi connectivity index (χ3n) is 3.18. The zero-order chi connectivity index (χ0) is 13.9. The number of fused-ring (bicyclic) bond motifs is 1. The molecule has 0 aromatic heterocycles. The minimum Gasteiger partial charge on any atom is -0.326 e. The van der Waals surface area contributed by atoms with Crippen molar-refractivity contribution in [2.45, 2.75) is 6.92 Å². The van der Waals surface area contributed by atoms with Crippen LogP contribution < -0.4 is 5.32 Å². The third-order valence-corrected chi connectivity index (χ3v) is 3.18. The summed E-state index contributed by atoms with van der Waals surface area (Å²) in [4.78, 5) is 11.0. The maximum absolute atomic E-state index is 11.0. The Balaban J connectivity index is 1.96. The number of nitrogens with one attached hydrogen (secondary N) is 1. The van der Waals surface area contributed by atoms with Gasteiger partial charge in [-0.15, -0.1) is 0 Å². The van der Waals surface area contributed by atoms with Gasteiger partial charge in [0.1, 0.15) is 0 Å². The molecule has 0 heterocycles. The number of carbonyl (C=O) groups is 1. The lowest BCUT2D eigenvalue weighted by Crippen LogP contribution is -2.05. The Kier molecular flexibility index (Phi) is 3.21. The lowest BCUT2D eigenvalue weighted by Gasteiger charge is -2.06. The summed E-state index contributed by atoms with van der Waals surface area (Å²) in [5.41, 5.74) is 2.95. The van der Waals surface area contributed by atoms with E-state index in [0.717, 1.165) is 22.2 Å². The molecule has 0 bridgehead atoms. The van der Waals surface area contributed by atoms with Crippen LogP contribution in [0.4, 0.5) is 5.69 Å². The van der Waals surface area contributed by atoms with Crippen LogP contribution in [0.1, 0.15) is 6.92 Å². The Morgan fingerprint density at radius 3 is 2.45 bits per heavy atom. The maximum atomic E-state index is 11.0. The van der Waals surface area contributed by atoms with E-state index in [4.69, 9.17) is 0 Å². The monoisotopic (exact) mass is 260 g/mol. The summed E-state index contributed by atoms with van der Waals surface area (Å²) < 4.78 is 0. The normalized spacial score (nSPS) is 10.4. The topological polar surface area (TPSA) is 29.1 Å². The number of carbonyl (C=O) groups excluding carboxylic acids is 1. The molecule has 0 fully saturated rings. The van der Waals surface area contributed by atoms with Gasteiger partial charge in [0.2, 0.25) is 5.91 Å². The van der Waals surface area contributed by atoms with Crippen molar-refractivity contribution in [1.82, 2.24) is 0 Å². The molecule has 0 saturated heterocycles. The van der Waals surface area contributed by atoms with Crippen molar-refractivity contribution in [2.75, 3.05) is 5.32 Å². The van der Waals surface area contributed by atoms with Crippen molar-refractivity contribution in [1.29, 1.82) is 0 Å². The van der Waals surface area contributed by atoms with Gasteiger partial charge in [0.15, 0.2) is 0 Å². The molecule has 3 aromatic carbocycles. The van der Waals surface area contributed by atoms with Gasteiger partial charge in [0.05, 0.1) is 0 Å². The minimum atomic E-state index is -0.0602. The average molecular weight is 260 g/mol. The average Bonchev–Trinajstić information content (AvgIpc) is 2.47. The van der Waals surface area contributed by atoms with E-state index in [9.17, 15) is 4.79 Å². The van der Waals surface area contributed by atoms with Crippen molar-refractivity contribution in [2.24, 2.45) is 0 Å². The van der Waals surface area contributed by atoms with Crippen molar-refractivity contribution < 1.29 is 4.79 Å². The lowest BCUT2D eigenvalue weighted by molar-refractivity contribution is -0.114. The van der Waals surface area contributed by atoms with E-state index in [1.165, 1.54) is 12.3 Å². The zero-order valence-corrected chi connectivity index (χ0v) is 11.2. The Morgan fingerprint density at radius 2 is 1.70 bits per heavy atom. The second-order valence-corrected chi connectivity index (χ2v) is 4.72. The van der Waals surface area contributed by atoms with Gasteiger partial charge >= 0.3 is 0 Å². The van der Waals surface area contributed by atoms with E-state index in [0.29, 0.717) is 0 Å². The van der Waals surface area contributed by atoms with Crippen molar-refractivity contribution in [3.8, 4) is 11.1 Å². The number of hydrogen-bond acceptors (Lipinski definition) is 1. The van der Waals surface area contributed by atoms with Crippen LogP contribution in [0.15, 0.2) is 60.7 Å². The molecule has 0 unspecified atom stereocenters. The molecule has 2 nitrogen and oxygen atoms in total. The van der Waals surface area contributed by atoms with Crippen molar-refractivity contribution in [3.63, 3.8) is 0 Å². The molecule has 1 amide bonds. The Morgan fingerprint density at radius 1 is 0.950 bits per heavy atom. The number of amides is 1. The second-order valence-electron chi connectivity index (χ2n) is 4.72. The largest absolute Gasteiger partial charge is 0.326 e. The third kappa shape index (κ3) is 2.54. The molecular formula is C18H14NO. The number of hydrogen-bond donors (Lipinski definition) is 1. The molecule has 1 N–H and O–H groups in total. The van der Waals surface area contributed by atoms with Gasteiger partial charge in [-0.05, 0) is 40.1 Å². The van der Waals surface area contributed by atoms with E-state index in [-0.39, 0.29) is 5.91 Å². The van der Waals surface area contributed by atoms with Crippen LogP contribution in [-0.4, -0.2) is 5.91 Å². The first-order chi connectivity index (χ1) is 9.72. The van der Waals surface area contributed by atoms with Gasteiger partial charge in [-0.3, -0.25) is 4.79 Å². The predicted molar refractivity (Wildman–Crippen MR) is 82.5 cm³/mol. The van der Waals surface area contributed by atoms with Crippen LogP contribution >= 0.6 is 0 Å². The van der Waals surface area contributed by atoms with Gasteiger partial charge < -0.3 is 5.32 Å². The molecule has 0 atom stereocenters. The predicted octanol–water partition coefficient (Wildman–Crippen LogP) is 4.27. The molecule has 0 aliphatic rings. The van der Waals surface area contributed by atoms with Crippen molar-refractivity contribution >= 4 is 22.4 Å². The molecular weight excluding hydrogens is 246 g/mol. The quantitative estimate of drug-likeness (QED) is 0.732. The van der Waals surface area contributed by atoms with Crippen LogP contribution in [0.3, 0.4) is 0 Å². The Bertz CT molecular complexity index is 760. The summed E-state index contributed by atoms with van der Waals surface area (Å²) in [7, 11) is 0. The Labute approximate surface area is 118 Å². The molecule has 97 valence electrons. The van der Waals surface area contributed by atoms with Gasteiger partial charge in [0.25, 0.3) is 0 Å². The second kappa shape index (κ2) is 5.17. The van der Waals surface area contributed by atoms with Gasteiger partial charge in [-0.1, -0.05) is 48.5 Å². The van der Waals surface area contributed by atoms with Crippen LogP contribution in [-0.2, 0) is 4.79 Å². The summed E-state index contributed by atoms with van der Waals surface area (Å²) >= 11 is 0. The Hall–Kier alpha value is -2.61. The summed E-state index contributed by atoms with van der Waals surface area (Å²) in [6.07, 6.45) is 0. The fourth-order valence-corrected chi connectivity index (χ4v) is 2.22. The van der Waals surface area contributed by atoms with Crippen LogP contribution in [0.2, 0.25) is 0 Å². The maximum Gasteiger partial charge on any atom is 0.221 e. The molecule has 0 aliphatic heterocycles. The van der Waals surface area contributed by atoms with Gasteiger partial charge in [-0.2, -0.15) is 0 Å². The highest BCUT2D eigenvalue weighted by Crippen LogP contribution is 2.24. The number of anilines is 1. The molecule has 20 heavy (non-hydrogen) atoms. The lowest BCUT2D eigenvalue weighted by atomic mass is 10.0. The molecule has 2 heteroatoms. The summed E-state index contributed by atoms with van der Waals surface area (Å²) in [6, 6.07) is 23.6. The number of benzene rings is 3. The zero-order valence-electron chi connectivity index (χ0n) is 11.2. The smallest absolute Gasteiger partial charge is 0.221 e. The molecule has 3 aromatic rings. The molecule has 0 spiro atoms. The van der Waals surface area contributed by atoms with E-state index in [1.807, 2.05) is 36.4 Å². The molecule has 0 saturated carbocycles. The highest BCUT2D eigenvalue weighted by atomic mass is 16.1. The fraction of sp³-hybridized carbons (Fsp3) is 0.0556. The van der Waals surface area contributed by atoms with E-state index >= 15 is 0 Å².